The van der Waals surface area contributed by atoms with Crippen LogP contribution in [0.5, 0.6) is 0 Å². The highest BCUT2D eigenvalue weighted by Crippen LogP contribution is 2.05. The van der Waals surface area contributed by atoms with E-state index in [0.717, 1.165) is 6.08 Å². The van der Waals surface area contributed by atoms with Crippen molar-refractivity contribution in [2.24, 2.45) is 5.73 Å². The first kappa shape index (κ1) is 15.2. The van der Waals surface area contributed by atoms with Crippen LogP contribution in [0.4, 0.5) is 0 Å². The summed E-state index contributed by atoms with van der Waals surface area (Å²) >= 11 is 0. The fourth-order valence-corrected chi connectivity index (χ4v) is 1.30. The number of carbonyl (C=O) groups is 2. The van der Waals surface area contributed by atoms with Crippen molar-refractivity contribution in [2.75, 3.05) is 13.2 Å². The third-order valence-electron chi connectivity index (χ3n) is 2.13. The Morgan fingerprint density at radius 2 is 2.05 bits per heavy atom. The van der Waals surface area contributed by atoms with Crippen molar-refractivity contribution in [1.82, 2.24) is 0 Å². The number of benzene rings is 1. The molecule has 0 aromatic heterocycles. The monoisotopic (exact) mass is 274 g/mol. The number of allylic oxidation sites excluding steroid dienone is 1. The Hall–Kier alpha value is -2.81. The van der Waals surface area contributed by atoms with Gasteiger partial charge in [0.2, 0.25) is 0 Å². The molecule has 0 atom stereocenters. The maximum Gasteiger partial charge on any atom is 0.338 e. The number of rotatable bonds is 5. The summed E-state index contributed by atoms with van der Waals surface area (Å²) in [5.41, 5.74) is 6.27. The van der Waals surface area contributed by atoms with E-state index < -0.39 is 11.9 Å². The summed E-state index contributed by atoms with van der Waals surface area (Å²) in [6.07, 6.45) is 1.14. The normalized spacial score (nSPS) is 10.5. The molecule has 0 aliphatic rings. The highest BCUT2D eigenvalue weighted by atomic mass is 16.6. The van der Waals surface area contributed by atoms with E-state index in [0.29, 0.717) is 11.3 Å². The molecule has 0 heterocycles. The van der Waals surface area contributed by atoms with Gasteiger partial charge in [0.05, 0.1) is 17.2 Å². The molecule has 20 heavy (non-hydrogen) atoms. The summed E-state index contributed by atoms with van der Waals surface area (Å²) in [5.74, 6) is -1.17. The molecule has 0 aliphatic heterocycles. The second-order valence-corrected chi connectivity index (χ2v) is 3.88. The van der Waals surface area contributed by atoms with Gasteiger partial charge in [-0.3, -0.25) is 0 Å². The fourth-order valence-electron chi connectivity index (χ4n) is 1.30. The van der Waals surface area contributed by atoms with E-state index >= 15 is 0 Å². The van der Waals surface area contributed by atoms with Gasteiger partial charge in [-0.2, -0.15) is 5.26 Å². The van der Waals surface area contributed by atoms with Gasteiger partial charge < -0.3 is 15.2 Å². The molecule has 104 valence electrons. The van der Waals surface area contributed by atoms with Gasteiger partial charge in [0.1, 0.15) is 13.2 Å². The average Bonchev–Trinajstić information content (AvgIpc) is 2.42. The standard InChI is InChI=1S/C14H14N2O4/c1-10(16)7-13(17)19-5-6-20-14(18)12-4-2-3-11(8-12)9-15/h2-4,7-8H,5-6,16H2,1H3/b10-7-. The van der Waals surface area contributed by atoms with Crippen LogP contribution in [0.15, 0.2) is 36.0 Å². The summed E-state index contributed by atoms with van der Waals surface area (Å²) in [6.45, 7) is 1.43. The zero-order chi connectivity index (χ0) is 15.0. The van der Waals surface area contributed by atoms with E-state index in [1.807, 2.05) is 6.07 Å². The molecule has 6 nitrogen and oxygen atoms in total. The van der Waals surface area contributed by atoms with Crippen molar-refractivity contribution in [3.05, 3.63) is 47.2 Å². The lowest BCUT2D eigenvalue weighted by atomic mass is 10.1. The molecule has 0 unspecified atom stereocenters. The molecule has 1 rings (SSSR count). The minimum Gasteiger partial charge on any atom is -0.459 e. The van der Waals surface area contributed by atoms with E-state index in [9.17, 15) is 9.59 Å². The number of hydrogen-bond acceptors (Lipinski definition) is 6. The lowest BCUT2D eigenvalue weighted by Crippen LogP contribution is -2.13. The molecule has 0 saturated carbocycles. The molecule has 1 aromatic carbocycles. The summed E-state index contributed by atoms with van der Waals surface area (Å²) in [7, 11) is 0. The maximum absolute atomic E-state index is 11.6. The average molecular weight is 274 g/mol. The van der Waals surface area contributed by atoms with Gasteiger partial charge in [-0.1, -0.05) is 6.07 Å². The summed E-state index contributed by atoms with van der Waals surface area (Å²) < 4.78 is 9.66. The van der Waals surface area contributed by atoms with E-state index in [4.69, 9.17) is 20.5 Å². The second kappa shape index (κ2) is 7.59. The fraction of sp³-hybridized carbons (Fsp3) is 0.214. The van der Waals surface area contributed by atoms with Crippen LogP contribution in [0.25, 0.3) is 0 Å². The third-order valence-corrected chi connectivity index (χ3v) is 2.13. The lowest BCUT2D eigenvalue weighted by Gasteiger charge is -2.05. The predicted molar refractivity (Wildman–Crippen MR) is 70.3 cm³/mol. The minimum absolute atomic E-state index is 0.0632. The van der Waals surface area contributed by atoms with Crippen molar-refractivity contribution in [1.29, 1.82) is 5.26 Å². The summed E-state index contributed by atoms with van der Waals surface area (Å²) in [5, 5.41) is 8.72. The van der Waals surface area contributed by atoms with E-state index in [-0.39, 0.29) is 18.8 Å². The molecule has 0 amide bonds. The van der Waals surface area contributed by atoms with Crippen molar-refractivity contribution in [3.63, 3.8) is 0 Å². The first-order valence-electron chi connectivity index (χ1n) is 5.80. The SMILES string of the molecule is C/C(N)=C/C(=O)OCCOC(=O)c1cccc(C#N)c1. The molecular formula is C14H14N2O4. The Morgan fingerprint density at radius 1 is 1.35 bits per heavy atom. The Morgan fingerprint density at radius 3 is 2.70 bits per heavy atom. The van der Waals surface area contributed by atoms with Crippen molar-refractivity contribution in [2.45, 2.75) is 6.92 Å². The number of hydrogen-bond donors (Lipinski definition) is 1. The quantitative estimate of drug-likeness (QED) is 0.490. The van der Waals surface area contributed by atoms with Crippen molar-refractivity contribution in [3.8, 4) is 6.07 Å². The summed E-state index contributed by atoms with van der Waals surface area (Å²) in [4.78, 5) is 22.7. The first-order valence-corrected chi connectivity index (χ1v) is 5.80. The van der Waals surface area contributed by atoms with Crippen LogP contribution >= 0.6 is 0 Å². The van der Waals surface area contributed by atoms with Gasteiger partial charge in [-0.15, -0.1) is 0 Å². The van der Waals surface area contributed by atoms with Gasteiger partial charge in [0, 0.05) is 11.8 Å². The Bertz CT molecular complexity index is 569. The number of esters is 2. The minimum atomic E-state index is -0.590. The molecule has 0 aliphatic carbocycles. The van der Waals surface area contributed by atoms with Crippen LogP contribution in [0.3, 0.4) is 0 Å². The molecule has 2 N–H and O–H groups in total. The third kappa shape index (κ3) is 5.23. The van der Waals surface area contributed by atoms with Gasteiger partial charge >= 0.3 is 11.9 Å². The highest BCUT2D eigenvalue weighted by molar-refractivity contribution is 5.89. The Balaban J connectivity index is 2.39. The zero-order valence-electron chi connectivity index (χ0n) is 11.0. The van der Waals surface area contributed by atoms with Crippen LogP contribution in [0, 0.1) is 11.3 Å². The molecule has 0 fully saturated rings. The molecule has 0 saturated heterocycles. The largest absolute Gasteiger partial charge is 0.459 e. The van der Waals surface area contributed by atoms with Gasteiger partial charge in [-0.25, -0.2) is 9.59 Å². The van der Waals surface area contributed by atoms with Gasteiger partial charge in [-0.05, 0) is 25.1 Å². The Kier molecular flexibility index (Phi) is 5.78. The molecule has 1 aromatic rings. The highest BCUT2D eigenvalue weighted by Gasteiger charge is 2.08. The van der Waals surface area contributed by atoms with Crippen LogP contribution in [-0.2, 0) is 14.3 Å². The lowest BCUT2D eigenvalue weighted by molar-refractivity contribution is -0.138. The number of carbonyl (C=O) groups excluding carboxylic acids is 2. The van der Waals surface area contributed by atoms with Gasteiger partial charge in [0.25, 0.3) is 0 Å². The topological polar surface area (TPSA) is 102 Å². The summed E-state index contributed by atoms with van der Waals surface area (Å²) in [6, 6.07) is 8.06. The second-order valence-electron chi connectivity index (χ2n) is 3.88. The van der Waals surface area contributed by atoms with Crippen molar-refractivity contribution < 1.29 is 19.1 Å². The number of ether oxygens (including phenoxy) is 2. The molecule has 0 bridgehead atoms. The van der Waals surface area contributed by atoms with E-state index in [2.05, 4.69) is 0 Å². The van der Waals surface area contributed by atoms with Crippen molar-refractivity contribution >= 4 is 11.9 Å². The maximum atomic E-state index is 11.6. The molecular weight excluding hydrogens is 260 g/mol. The predicted octanol–water partition coefficient (Wildman–Crippen LogP) is 1.12. The van der Waals surface area contributed by atoms with E-state index in [1.165, 1.54) is 12.1 Å². The molecule has 0 radical (unpaired) electrons. The number of nitriles is 1. The smallest absolute Gasteiger partial charge is 0.338 e. The Labute approximate surface area is 116 Å². The molecule has 0 spiro atoms. The van der Waals surface area contributed by atoms with Gasteiger partial charge in [0.15, 0.2) is 0 Å². The van der Waals surface area contributed by atoms with Crippen LogP contribution in [-0.4, -0.2) is 25.2 Å². The zero-order valence-corrected chi connectivity index (χ0v) is 11.0. The molecule has 6 heteroatoms. The van der Waals surface area contributed by atoms with Crippen LogP contribution in [0.2, 0.25) is 0 Å². The number of nitrogens with zero attached hydrogens (tertiary/aromatic N) is 1. The number of nitrogens with two attached hydrogens (primary N) is 1. The van der Waals surface area contributed by atoms with Crippen LogP contribution < -0.4 is 5.73 Å². The van der Waals surface area contributed by atoms with Crippen LogP contribution in [0.1, 0.15) is 22.8 Å². The first-order chi connectivity index (χ1) is 9.52. The van der Waals surface area contributed by atoms with E-state index in [1.54, 1.807) is 19.1 Å².